The average Bonchev–Trinajstić information content (AvgIpc) is 3.24. The zero-order chi connectivity index (χ0) is 44.6. The van der Waals surface area contributed by atoms with Crippen LogP contribution < -0.4 is 10.6 Å². The molecule has 1 heterocycles. The molecule has 2 N–H and O–H groups in total. The number of aromatic nitrogens is 1. The molecule has 0 aliphatic rings. The molecule has 0 saturated heterocycles. The third-order valence-corrected chi connectivity index (χ3v) is 11.2. The minimum atomic E-state index is -0.907. The van der Waals surface area contributed by atoms with Gasteiger partial charge >= 0.3 is 17.9 Å². The van der Waals surface area contributed by atoms with Crippen molar-refractivity contribution >= 4 is 23.8 Å². The minimum absolute atomic E-state index is 0.0582. The predicted octanol–water partition coefficient (Wildman–Crippen LogP) is 11.2. The van der Waals surface area contributed by atoms with Crippen molar-refractivity contribution < 1.29 is 33.4 Å². The van der Waals surface area contributed by atoms with Gasteiger partial charge in [-0.25, -0.2) is 4.79 Å². The molecule has 1 aromatic heterocycles. The first kappa shape index (κ1) is 56.0. The second kappa shape index (κ2) is 39.8. The second-order valence-corrected chi connectivity index (χ2v) is 17.6. The largest absolute Gasteiger partial charge is 0.462 e. The second-order valence-electron chi connectivity index (χ2n) is 17.6. The summed E-state index contributed by atoms with van der Waals surface area (Å²) in [6.45, 7) is 7.37. The van der Waals surface area contributed by atoms with Crippen LogP contribution in [0.4, 0.5) is 0 Å². The molecule has 0 bridgehead atoms. The van der Waals surface area contributed by atoms with Gasteiger partial charge in [0.2, 0.25) is 5.91 Å². The van der Waals surface area contributed by atoms with Crippen LogP contribution in [0.25, 0.3) is 0 Å². The molecule has 0 aliphatic carbocycles. The fraction of sp³-hybridized carbons (Fsp3) is 0.820. The highest BCUT2D eigenvalue weighted by Crippen LogP contribution is 2.16. The first-order chi connectivity index (χ1) is 29.6. The van der Waals surface area contributed by atoms with Gasteiger partial charge in [-0.3, -0.25) is 19.4 Å². The van der Waals surface area contributed by atoms with Gasteiger partial charge in [0.15, 0.2) is 6.10 Å². The standard InChI is InChI=1S/C50H90N4O7/c1-6-8-10-12-14-16-18-20-22-24-26-28-30-32-48(56)59-41-46(61-49(57)33-31-29-27-25-23-21-19-17-15-13-11-9-7-2)42-60-50(58)44-34-36-52-45(38-44)39-51-40-47(55)53-43(3)35-37-54(4)5/h34,36,38,43,46,51H,6-33,35,37,39-42H2,1-5H3,(H,53,55). The molecule has 0 aromatic carbocycles. The summed E-state index contributed by atoms with van der Waals surface area (Å²) in [4.78, 5) is 57.4. The summed E-state index contributed by atoms with van der Waals surface area (Å²) >= 11 is 0. The number of amides is 1. The van der Waals surface area contributed by atoms with E-state index in [2.05, 4.69) is 34.4 Å². The van der Waals surface area contributed by atoms with Gasteiger partial charge in [0.25, 0.3) is 0 Å². The molecule has 1 rings (SSSR count). The number of carbonyl (C=O) groups is 4. The van der Waals surface area contributed by atoms with Gasteiger partial charge in [-0.2, -0.15) is 0 Å². The Morgan fingerprint density at radius 2 is 1.10 bits per heavy atom. The zero-order valence-electron chi connectivity index (χ0n) is 39.7. The van der Waals surface area contributed by atoms with Crippen molar-refractivity contribution in [3.63, 3.8) is 0 Å². The Morgan fingerprint density at radius 3 is 1.59 bits per heavy atom. The Kier molecular flexibility index (Phi) is 36.5. The van der Waals surface area contributed by atoms with E-state index in [4.69, 9.17) is 14.2 Å². The summed E-state index contributed by atoms with van der Waals surface area (Å²) in [6, 6.07) is 3.22. The summed E-state index contributed by atoms with van der Waals surface area (Å²) in [5.74, 6) is -1.44. The summed E-state index contributed by atoms with van der Waals surface area (Å²) in [7, 11) is 4.00. The highest BCUT2D eigenvalue weighted by atomic mass is 16.6. The molecule has 1 amide bonds. The van der Waals surface area contributed by atoms with E-state index >= 15 is 0 Å². The Bertz CT molecular complexity index is 1250. The predicted molar refractivity (Wildman–Crippen MR) is 248 cm³/mol. The van der Waals surface area contributed by atoms with Gasteiger partial charge < -0.3 is 29.7 Å². The lowest BCUT2D eigenvalue weighted by molar-refractivity contribution is -0.161. The number of rotatable bonds is 42. The number of nitrogens with one attached hydrogen (secondary N) is 2. The number of pyridine rings is 1. The van der Waals surface area contributed by atoms with Crippen LogP contribution >= 0.6 is 0 Å². The molecule has 0 fully saturated rings. The number of carbonyl (C=O) groups excluding carboxylic acids is 4. The SMILES string of the molecule is CCCCCCCCCCCCCCCC(=O)OCC(COC(=O)c1ccnc(CNCC(=O)NC(C)CCN(C)C)c1)OC(=O)CCCCCCCCCCCCCCC. The Balaban J connectivity index is 2.52. The molecule has 11 heteroatoms. The number of unbranched alkanes of at least 4 members (excludes halogenated alkanes) is 24. The average molecular weight is 859 g/mol. The third-order valence-electron chi connectivity index (χ3n) is 11.2. The maximum Gasteiger partial charge on any atom is 0.338 e. The molecule has 2 unspecified atom stereocenters. The van der Waals surface area contributed by atoms with Crippen LogP contribution in [0.5, 0.6) is 0 Å². The van der Waals surface area contributed by atoms with Crippen molar-refractivity contribution in [1.29, 1.82) is 0 Å². The Labute approximate surface area is 372 Å². The summed E-state index contributed by atoms with van der Waals surface area (Å²) in [6.07, 6.45) is 33.8. The lowest BCUT2D eigenvalue weighted by atomic mass is 10.0. The van der Waals surface area contributed by atoms with E-state index < -0.39 is 12.1 Å². The van der Waals surface area contributed by atoms with Gasteiger partial charge in [-0.05, 0) is 59.0 Å². The number of esters is 3. The van der Waals surface area contributed by atoms with Crippen molar-refractivity contribution in [2.75, 3.05) is 40.4 Å². The van der Waals surface area contributed by atoms with Gasteiger partial charge in [-0.15, -0.1) is 0 Å². The maximum atomic E-state index is 13.1. The highest BCUT2D eigenvalue weighted by Gasteiger charge is 2.20. The van der Waals surface area contributed by atoms with Gasteiger partial charge in [0.05, 0.1) is 17.8 Å². The topological polar surface area (TPSA) is 136 Å². The van der Waals surface area contributed by atoms with Gasteiger partial charge in [-0.1, -0.05) is 168 Å². The van der Waals surface area contributed by atoms with Crippen LogP contribution in [0.15, 0.2) is 18.3 Å². The lowest BCUT2D eigenvalue weighted by Gasteiger charge is -2.18. The Morgan fingerprint density at radius 1 is 0.639 bits per heavy atom. The maximum absolute atomic E-state index is 13.1. The monoisotopic (exact) mass is 859 g/mol. The molecule has 0 saturated carbocycles. The van der Waals surface area contributed by atoms with Crippen molar-refractivity contribution in [1.82, 2.24) is 20.5 Å². The van der Waals surface area contributed by atoms with Gasteiger partial charge in [0.1, 0.15) is 13.2 Å². The van der Waals surface area contributed by atoms with Crippen molar-refractivity contribution in [2.45, 2.75) is 226 Å². The van der Waals surface area contributed by atoms with E-state index in [1.165, 1.54) is 135 Å². The fourth-order valence-corrected chi connectivity index (χ4v) is 7.30. The molecular formula is C50H90N4O7. The van der Waals surface area contributed by atoms with E-state index in [9.17, 15) is 19.2 Å². The van der Waals surface area contributed by atoms with Gasteiger partial charge in [0, 0.05) is 31.6 Å². The highest BCUT2D eigenvalue weighted by molar-refractivity contribution is 5.89. The Hall–Kier alpha value is -3.05. The molecule has 352 valence electrons. The quantitative estimate of drug-likeness (QED) is 0.0371. The number of hydrogen-bond acceptors (Lipinski definition) is 10. The lowest BCUT2D eigenvalue weighted by Crippen LogP contribution is -2.40. The molecule has 11 nitrogen and oxygen atoms in total. The smallest absolute Gasteiger partial charge is 0.338 e. The fourth-order valence-electron chi connectivity index (χ4n) is 7.30. The van der Waals surface area contributed by atoms with Crippen LogP contribution in [0, 0.1) is 0 Å². The molecule has 0 spiro atoms. The van der Waals surface area contributed by atoms with Crippen molar-refractivity contribution in [3.05, 3.63) is 29.6 Å². The van der Waals surface area contributed by atoms with E-state index in [-0.39, 0.29) is 62.2 Å². The number of nitrogens with zero attached hydrogens (tertiary/aromatic N) is 2. The molecule has 61 heavy (non-hydrogen) atoms. The zero-order valence-corrected chi connectivity index (χ0v) is 39.7. The molecule has 1 aromatic rings. The first-order valence-corrected chi connectivity index (χ1v) is 24.8. The molecule has 0 radical (unpaired) electrons. The van der Waals surface area contributed by atoms with Crippen LogP contribution in [-0.2, 0) is 35.1 Å². The number of ether oxygens (including phenoxy) is 3. The van der Waals surface area contributed by atoms with Crippen LogP contribution in [0.3, 0.4) is 0 Å². The summed E-state index contributed by atoms with van der Waals surface area (Å²) < 4.78 is 16.8. The normalized spacial score (nSPS) is 12.3. The first-order valence-electron chi connectivity index (χ1n) is 24.8. The minimum Gasteiger partial charge on any atom is -0.462 e. The van der Waals surface area contributed by atoms with Crippen molar-refractivity contribution in [3.8, 4) is 0 Å². The van der Waals surface area contributed by atoms with E-state index in [0.29, 0.717) is 12.1 Å². The number of hydrogen-bond donors (Lipinski definition) is 2. The van der Waals surface area contributed by atoms with Crippen molar-refractivity contribution in [2.24, 2.45) is 0 Å². The van der Waals surface area contributed by atoms with Crippen LogP contribution in [-0.4, -0.2) is 86.2 Å². The van der Waals surface area contributed by atoms with Crippen LogP contribution in [0.1, 0.15) is 223 Å². The van der Waals surface area contributed by atoms with E-state index in [1.54, 1.807) is 12.1 Å². The molecule has 2 atom stereocenters. The summed E-state index contributed by atoms with van der Waals surface area (Å²) in [5, 5.41) is 6.06. The van der Waals surface area contributed by atoms with E-state index in [0.717, 1.165) is 51.5 Å². The van der Waals surface area contributed by atoms with Crippen LogP contribution in [0.2, 0.25) is 0 Å². The molecule has 0 aliphatic heterocycles. The van der Waals surface area contributed by atoms with E-state index in [1.807, 2.05) is 21.0 Å². The summed E-state index contributed by atoms with van der Waals surface area (Å²) in [5.41, 5.74) is 0.857. The third kappa shape index (κ3) is 35.1. The molecular weight excluding hydrogens is 769 g/mol.